The molecule has 25 heavy (non-hydrogen) atoms. The highest BCUT2D eigenvalue weighted by molar-refractivity contribution is 6.74. The van der Waals surface area contributed by atoms with Crippen LogP contribution in [-0.2, 0) is 14.0 Å². The SMILES string of the molecule is COC(=O)C(NCC(=O)c1ccccc1)C(C)O[Si](C)(C)C(C)(C)C. The minimum absolute atomic E-state index is 0.0296. The van der Waals surface area contributed by atoms with E-state index >= 15 is 0 Å². The zero-order valence-electron chi connectivity index (χ0n) is 16.4. The number of Topliss-reactive ketones (excluding diaryl/α,β-unsaturated/α-hetero) is 1. The summed E-state index contributed by atoms with van der Waals surface area (Å²) in [5.74, 6) is -0.499. The first-order chi connectivity index (χ1) is 11.5. The third kappa shape index (κ3) is 6.06. The van der Waals surface area contributed by atoms with E-state index < -0.39 is 26.4 Å². The molecule has 2 atom stereocenters. The molecule has 0 fully saturated rings. The van der Waals surface area contributed by atoms with Gasteiger partial charge in [0.25, 0.3) is 0 Å². The molecule has 1 aromatic carbocycles. The number of nitrogens with one attached hydrogen (secondary N) is 1. The molecule has 2 unspecified atom stereocenters. The number of ether oxygens (including phenoxy) is 1. The van der Waals surface area contributed by atoms with Crippen LogP contribution < -0.4 is 5.32 Å². The first-order valence-corrected chi connectivity index (χ1v) is 11.5. The maximum absolute atomic E-state index is 12.3. The molecule has 0 radical (unpaired) electrons. The molecular weight excluding hydrogens is 334 g/mol. The quantitative estimate of drug-likeness (QED) is 0.434. The average molecular weight is 366 g/mol. The van der Waals surface area contributed by atoms with E-state index in [2.05, 4.69) is 39.2 Å². The van der Waals surface area contributed by atoms with Crippen molar-refractivity contribution in [3.8, 4) is 0 Å². The second kappa shape index (κ2) is 8.74. The summed E-state index contributed by atoms with van der Waals surface area (Å²) >= 11 is 0. The van der Waals surface area contributed by atoms with Gasteiger partial charge in [0.1, 0.15) is 6.04 Å². The number of esters is 1. The lowest BCUT2D eigenvalue weighted by molar-refractivity contribution is -0.145. The topological polar surface area (TPSA) is 64.6 Å². The summed E-state index contributed by atoms with van der Waals surface area (Å²) in [6.07, 6.45) is -0.392. The summed E-state index contributed by atoms with van der Waals surface area (Å²) in [6, 6.07) is 8.31. The fourth-order valence-electron chi connectivity index (χ4n) is 2.21. The van der Waals surface area contributed by atoms with Crippen molar-refractivity contribution in [1.29, 1.82) is 0 Å². The van der Waals surface area contributed by atoms with E-state index in [-0.39, 0.29) is 17.4 Å². The highest BCUT2D eigenvalue weighted by atomic mass is 28.4. The van der Waals surface area contributed by atoms with Crippen molar-refractivity contribution in [3.63, 3.8) is 0 Å². The number of carbonyl (C=O) groups is 2. The first kappa shape index (κ1) is 21.5. The summed E-state index contributed by atoms with van der Waals surface area (Å²) < 4.78 is 11.2. The number of hydrogen-bond acceptors (Lipinski definition) is 5. The Kier molecular flexibility index (Phi) is 7.53. The van der Waals surface area contributed by atoms with Gasteiger partial charge >= 0.3 is 5.97 Å². The molecule has 0 aliphatic heterocycles. The van der Waals surface area contributed by atoms with Crippen LogP contribution in [0.5, 0.6) is 0 Å². The zero-order chi connectivity index (χ0) is 19.3. The summed E-state index contributed by atoms with van der Waals surface area (Å²) in [6.45, 7) is 12.6. The predicted octanol–water partition coefficient (Wildman–Crippen LogP) is 3.41. The fourth-order valence-corrected chi connectivity index (χ4v) is 3.63. The summed E-state index contributed by atoms with van der Waals surface area (Å²) in [7, 11) is -0.700. The lowest BCUT2D eigenvalue weighted by atomic mass is 10.1. The molecule has 5 nitrogen and oxygen atoms in total. The Balaban J connectivity index is 2.80. The Hall–Kier alpha value is -1.50. The molecule has 0 spiro atoms. The minimum Gasteiger partial charge on any atom is -0.468 e. The molecule has 1 N–H and O–H groups in total. The van der Waals surface area contributed by atoms with E-state index in [1.54, 1.807) is 12.1 Å². The molecule has 0 saturated heterocycles. The van der Waals surface area contributed by atoms with Gasteiger partial charge in [-0.15, -0.1) is 0 Å². The molecule has 0 bridgehead atoms. The maximum atomic E-state index is 12.3. The highest BCUT2D eigenvalue weighted by Crippen LogP contribution is 2.37. The Morgan fingerprint density at radius 1 is 1.16 bits per heavy atom. The molecule has 0 aromatic heterocycles. The lowest BCUT2D eigenvalue weighted by Crippen LogP contribution is -2.53. The molecular formula is C19H31NO4Si. The van der Waals surface area contributed by atoms with Gasteiger partial charge in [-0.1, -0.05) is 51.1 Å². The van der Waals surface area contributed by atoms with E-state index in [0.717, 1.165) is 0 Å². The fraction of sp³-hybridized carbons (Fsp3) is 0.579. The third-order valence-electron chi connectivity index (χ3n) is 4.79. The molecule has 6 heteroatoms. The van der Waals surface area contributed by atoms with Crippen LogP contribution in [0.3, 0.4) is 0 Å². The van der Waals surface area contributed by atoms with Crippen molar-refractivity contribution < 1.29 is 18.8 Å². The van der Waals surface area contributed by atoms with Gasteiger partial charge in [0.15, 0.2) is 14.1 Å². The van der Waals surface area contributed by atoms with E-state index in [4.69, 9.17) is 9.16 Å². The molecule has 0 aliphatic rings. The molecule has 0 heterocycles. The number of ketones is 1. The van der Waals surface area contributed by atoms with Gasteiger partial charge in [0, 0.05) is 5.56 Å². The number of benzene rings is 1. The van der Waals surface area contributed by atoms with Crippen molar-refractivity contribution in [1.82, 2.24) is 5.32 Å². The van der Waals surface area contributed by atoms with Crippen LogP contribution in [0.1, 0.15) is 38.1 Å². The summed E-state index contributed by atoms with van der Waals surface area (Å²) in [5.41, 5.74) is 0.608. The molecule has 0 saturated carbocycles. The van der Waals surface area contributed by atoms with Gasteiger partial charge in [-0.2, -0.15) is 0 Å². The normalized spacial score (nSPS) is 14.7. The van der Waals surface area contributed by atoms with Crippen LogP contribution in [0.25, 0.3) is 0 Å². The van der Waals surface area contributed by atoms with Crippen molar-refractivity contribution in [2.45, 2.75) is 58.0 Å². The van der Waals surface area contributed by atoms with Gasteiger partial charge in [-0.3, -0.25) is 14.9 Å². The van der Waals surface area contributed by atoms with Gasteiger partial charge in [0.05, 0.1) is 19.8 Å². The van der Waals surface area contributed by atoms with Crippen molar-refractivity contribution in [3.05, 3.63) is 35.9 Å². The van der Waals surface area contributed by atoms with Gasteiger partial charge < -0.3 is 9.16 Å². The number of hydrogen-bond donors (Lipinski definition) is 1. The first-order valence-electron chi connectivity index (χ1n) is 8.57. The van der Waals surface area contributed by atoms with Crippen molar-refractivity contribution >= 4 is 20.1 Å². The largest absolute Gasteiger partial charge is 0.468 e. The van der Waals surface area contributed by atoms with E-state index in [1.165, 1.54) is 7.11 Å². The Morgan fingerprint density at radius 2 is 1.72 bits per heavy atom. The van der Waals surface area contributed by atoms with Gasteiger partial charge in [-0.25, -0.2) is 0 Å². The summed E-state index contributed by atoms with van der Waals surface area (Å²) in [5, 5.41) is 3.05. The van der Waals surface area contributed by atoms with Gasteiger partial charge in [0.2, 0.25) is 0 Å². The predicted molar refractivity (Wildman–Crippen MR) is 102 cm³/mol. The highest BCUT2D eigenvalue weighted by Gasteiger charge is 2.41. The monoisotopic (exact) mass is 365 g/mol. The standard InChI is InChI=1S/C19H31NO4Si/c1-14(24-25(6,7)19(2,3)4)17(18(22)23-5)20-13-16(21)15-11-9-8-10-12-15/h8-12,14,17,20H,13H2,1-7H3. The summed E-state index contributed by atoms with van der Waals surface area (Å²) in [4.78, 5) is 24.5. The molecule has 1 rings (SSSR count). The molecule has 0 amide bonds. The minimum atomic E-state index is -2.04. The zero-order valence-corrected chi connectivity index (χ0v) is 17.4. The number of rotatable bonds is 8. The van der Waals surface area contributed by atoms with Crippen LogP contribution in [0, 0.1) is 0 Å². The van der Waals surface area contributed by atoms with Gasteiger partial charge in [-0.05, 0) is 25.1 Å². The van der Waals surface area contributed by atoms with Crippen LogP contribution in [0.4, 0.5) is 0 Å². The second-order valence-corrected chi connectivity index (χ2v) is 12.5. The Morgan fingerprint density at radius 3 is 2.20 bits per heavy atom. The molecule has 1 aromatic rings. The number of carbonyl (C=O) groups excluding carboxylic acids is 2. The second-order valence-electron chi connectivity index (χ2n) is 7.75. The maximum Gasteiger partial charge on any atom is 0.325 e. The van der Waals surface area contributed by atoms with Crippen LogP contribution in [-0.4, -0.2) is 45.9 Å². The van der Waals surface area contributed by atoms with Crippen LogP contribution in [0.2, 0.25) is 18.1 Å². The number of methoxy groups -OCH3 is 1. The lowest BCUT2D eigenvalue weighted by Gasteiger charge is -2.40. The van der Waals surface area contributed by atoms with Crippen LogP contribution >= 0.6 is 0 Å². The van der Waals surface area contributed by atoms with E-state index in [9.17, 15) is 9.59 Å². The van der Waals surface area contributed by atoms with E-state index in [1.807, 2.05) is 25.1 Å². The van der Waals surface area contributed by atoms with Crippen LogP contribution in [0.15, 0.2) is 30.3 Å². The third-order valence-corrected chi connectivity index (χ3v) is 9.36. The Labute approximate surface area is 152 Å². The molecule has 140 valence electrons. The molecule has 0 aliphatic carbocycles. The van der Waals surface area contributed by atoms with E-state index in [0.29, 0.717) is 5.56 Å². The van der Waals surface area contributed by atoms with Crippen molar-refractivity contribution in [2.24, 2.45) is 0 Å². The van der Waals surface area contributed by atoms with Crippen molar-refractivity contribution in [2.75, 3.05) is 13.7 Å². The smallest absolute Gasteiger partial charge is 0.325 e. The Bertz CT molecular complexity index is 581. The average Bonchev–Trinajstić information content (AvgIpc) is 2.53.